The fraction of sp³-hybridized carbons (Fsp3) is 0.217. The third-order valence-corrected chi connectivity index (χ3v) is 5.11. The first-order chi connectivity index (χ1) is 11.9. The van der Waals surface area contributed by atoms with E-state index in [9.17, 15) is 0 Å². The summed E-state index contributed by atoms with van der Waals surface area (Å²) in [5, 5.41) is 0. The molecule has 0 N–H and O–H groups in total. The fourth-order valence-electron chi connectivity index (χ4n) is 3.69. The Labute approximate surface area is 144 Å². The van der Waals surface area contributed by atoms with Crippen LogP contribution in [-0.2, 0) is 0 Å². The van der Waals surface area contributed by atoms with Crippen molar-refractivity contribution in [3.8, 4) is 11.1 Å². The van der Waals surface area contributed by atoms with E-state index >= 15 is 0 Å². The van der Waals surface area contributed by atoms with Gasteiger partial charge in [0.1, 0.15) is 0 Å². The molecule has 1 fully saturated rings. The summed E-state index contributed by atoms with van der Waals surface area (Å²) < 4.78 is 0. The van der Waals surface area contributed by atoms with E-state index in [0.717, 1.165) is 13.1 Å². The van der Waals surface area contributed by atoms with Gasteiger partial charge in [-0.15, -0.1) is 0 Å². The van der Waals surface area contributed by atoms with Crippen LogP contribution in [0.3, 0.4) is 0 Å². The van der Waals surface area contributed by atoms with Crippen molar-refractivity contribution < 1.29 is 0 Å². The lowest BCUT2D eigenvalue weighted by atomic mass is 9.89. The number of piperidine rings is 1. The Morgan fingerprint density at radius 2 is 1.12 bits per heavy atom. The second-order valence-corrected chi connectivity index (χ2v) is 6.58. The molecule has 0 amide bonds. The summed E-state index contributed by atoms with van der Waals surface area (Å²) in [6.45, 7) is 2.29. The highest BCUT2D eigenvalue weighted by molar-refractivity contribution is 5.66. The van der Waals surface area contributed by atoms with Crippen LogP contribution in [0, 0.1) is 0 Å². The molecule has 1 aliphatic rings. The molecule has 0 saturated carbocycles. The molecule has 0 spiro atoms. The van der Waals surface area contributed by atoms with Crippen molar-refractivity contribution in [1.29, 1.82) is 0 Å². The zero-order valence-corrected chi connectivity index (χ0v) is 13.9. The van der Waals surface area contributed by atoms with Crippen LogP contribution >= 0.6 is 0 Å². The lowest BCUT2D eigenvalue weighted by Gasteiger charge is -2.34. The van der Waals surface area contributed by atoms with Crippen molar-refractivity contribution in [2.75, 3.05) is 18.0 Å². The highest BCUT2D eigenvalue weighted by atomic mass is 15.1. The van der Waals surface area contributed by atoms with Gasteiger partial charge in [0, 0.05) is 18.8 Å². The van der Waals surface area contributed by atoms with Gasteiger partial charge in [-0.25, -0.2) is 0 Å². The molecule has 120 valence electrons. The topological polar surface area (TPSA) is 3.24 Å². The number of anilines is 1. The van der Waals surface area contributed by atoms with Crippen LogP contribution in [-0.4, -0.2) is 13.1 Å². The first-order valence-corrected chi connectivity index (χ1v) is 8.85. The minimum atomic E-state index is 0.714. The highest BCUT2D eigenvalue weighted by Gasteiger charge is 2.20. The zero-order valence-electron chi connectivity index (χ0n) is 13.9. The van der Waals surface area contributed by atoms with Gasteiger partial charge in [-0.1, -0.05) is 72.8 Å². The maximum atomic E-state index is 2.52. The second-order valence-electron chi connectivity index (χ2n) is 6.58. The van der Waals surface area contributed by atoms with Gasteiger partial charge >= 0.3 is 0 Å². The summed E-state index contributed by atoms with van der Waals surface area (Å²) >= 11 is 0. The van der Waals surface area contributed by atoms with Crippen molar-refractivity contribution in [2.24, 2.45) is 0 Å². The molecule has 3 aromatic rings. The van der Waals surface area contributed by atoms with Crippen molar-refractivity contribution in [1.82, 2.24) is 0 Å². The molecule has 1 aliphatic heterocycles. The molecule has 0 unspecified atom stereocenters. The minimum Gasteiger partial charge on any atom is -0.371 e. The predicted octanol–water partition coefficient (Wildman–Crippen LogP) is 5.74. The zero-order chi connectivity index (χ0) is 16.2. The standard InChI is InChI=1S/C23H23N/c1-3-7-19(8-4-1)21-11-13-23(14-12-21)24-17-15-22(16-18-24)20-9-5-2-6-10-20/h1-14,22H,15-18H2. The van der Waals surface area contributed by atoms with Crippen LogP contribution < -0.4 is 4.90 Å². The van der Waals surface area contributed by atoms with Crippen LogP contribution in [0.25, 0.3) is 11.1 Å². The normalized spacial score (nSPS) is 15.4. The van der Waals surface area contributed by atoms with Crippen molar-refractivity contribution in [3.05, 3.63) is 90.5 Å². The van der Waals surface area contributed by atoms with Crippen molar-refractivity contribution >= 4 is 5.69 Å². The highest BCUT2D eigenvalue weighted by Crippen LogP contribution is 2.31. The van der Waals surface area contributed by atoms with Crippen LogP contribution in [0.1, 0.15) is 24.3 Å². The first-order valence-electron chi connectivity index (χ1n) is 8.85. The van der Waals surface area contributed by atoms with E-state index in [1.807, 2.05) is 0 Å². The summed E-state index contributed by atoms with van der Waals surface area (Å²) in [5.41, 5.74) is 5.42. The van der Waals surface area contributed by atoms with Crippen LogP contribution in [0.5, 0.6) is 0 Å². The number of benzene rings is 3. The van der Waals surface area contributed by atoms with Gasteiger partial charge in [0.15, 0.2) is 0 Å². The quantitative estimate of drug-likeness (QED) is 0.596. The largest absolute Gasteiger partial charge is 0.371 e. The maximum Gasteiger partial charge on any atom is 0.0366 e. The molecule has 0 radical (unpaired) electrons. The van der Waals surface area contributed by atoms with Crippen LogP contribution in [0.4, 0.5) is 5.69 Å². The molecule has 24 heavy (non-hydrogen) atoms. The average Bonchev–Trinajstić information content (AvgIpc) is 2.70. The van der Waals surface area contributed by atoms with Gasteiger partial charge in [0.05, 0.1) is 0 Å². The van der Waals surface area contributed by atoms with Gasteiger partial charge in [-0.3, -0.25) is 0 Å². The van der Waals surface area contributed by atoms with Gasteiger partial charge in [-0.05, 0) is 47.6 Å². The number of hydrogen-bond acceptors (Lipinski definition) is 1. The maximum absolute atomic E-state index is 2.52. The van der Waals surface area contributed by atoms with E-state index in [1.54, 1.807) is 0 Å². The Bertz CT molecular complexity index is 754. The van der Waals surface area contributed by atoms with Gasteiger partial charge in [0.2, 0.25) is 0 Å². The van der Waals surface area contributed by atoms with Crippen LogP contribution in [0.2, 0.25) is 0 Å². The Hall–Kier alpha value is -2.54. The smallest absolute Gasteiger partial charge is 0.0366 e. The van der Waals surface area contributed by atoms with Crippen LogP contribution in [0.15, 0.2) is 84.9 Å². The first kappa shape index (κ1) is 15.0. The average molecular weight is 313 g/mol. The number of nitrogens with zero attached hydrogens (tertiary/aromatic N) is 1. The molecule has 0 atom stereocenters. The lowest BCUT2D eigenvalue weighted by molar-refractivity contribution is 0.505. The third kappa shape index (κ3) is 3.21. The molecule has 1 nitrogen and oxygen atoms in total. The Morgan fingerprint density at radius 1 is 0.583 bits per heavy atom. The second kappa shape index (κ2) is 6.92. The number of hydrogen-bond donors (Lipinski definition) is 0. The van der Waals surface area contributed by atoms with Gasteiger partial charge in [0.25, 0.3) is 0 Å². The minimum absolute atomic E-state index is 0.714. The summed E-state index contributed by atoms with van der Waals surface area (Å²) in [4.78, 5) is 2.52. The summed E-state index contributed by atoms with van der Waals surface area (Å²) in [6, 6.07) is 30.6. The molecule has 1 heteroatoms. The van der Waals surface area contributed by atoms with E-state index in [4.69, 9.17) is 0 Å². The predicted molar refractivity (Wildman–Crippen MR) is 103 cm³/mol. The van der Waals surface area contributed by atoms with E-state index in [-0.39, 0.29) is 0 Å². The van der Waals surface area contributed by atoms with Crippen molar-refractivity contribution in [2.45, 2.75) is 18.8 Å². The van der Waals surface area contributed by atoms with Gasteiger partial charge < -0.3 is 4.90 Å². The van der Waals surface area contributed by atoms with E-state index < -0.39 is 0 Å². The molecule has 3 aromatic carbocycles. The van der Waals surface area contributed by atoms with E-state index in [0.29, 0.717) is 5.92 Å². The van der Waals surface area contributed by atoms with Crippen molar-refractivity contribution in [3.63, 3.8) is 0 Å². The lowest BCUT2D eigenvalue weighted by Crippen LogP contribution is -2.32. The Morgan fingerprint density at radius 3 is 1.75 bits per heavy atom. The van der Waals surface area contributed by atoms with E-state index in [1.165, 1.54) is 35.2 Å². The fourth-order valence-corrected chi connectivity index (χ4v) is 3.69. The molecule has 1 heterocycles. The third-order valence-electron chi connectivity index (χ3n) is 5.11. The Kier molecular flexibility index (Phi) is 4.33. The molecule has 0 aliphatic carbocycles. The Balaban J connectivity index is 1.43. The van der Waals surface area contributed by atoms with Gasteiger partial charge in [-0.2, -0.15) is 0 Å². The SMILES string of the molecule is c1ccc(-c2ccc(N3CCC(c4ccccc4)CC3)cc2)cc1. The van der Waals surface area contributed by atoms with E-state index in [2.05, 4.69) is 89.8 Å². The monoisotopic (exact) mass is 313 g/mol. The summed E-state index contributed by atoms with van der Waals surface area (Å²) in [7, 11) is 0. The number of rotatable bonds is 3. The molecule has 1 saturated heterocycles. The molecule has 0 bridgehead atoms. The molecular formula is C23H23N. The molecule has 4 rings (SSSR count). The summed E-state index contributed by atoms with van der Waals surface area (Å²) in [5.74, 6) is 0.714. The molecule has 0 aromatic heterocycles. The molecular weight excluding hydrogens is 290 g/mol. The summed E-state index contributed by atoms with van der Waals surface area (Å²) in [6.07, 6.45) is 2.48.